The summed E-state index contributed by atoms with van der Waals surface area (Å²) in [4.78, 5) is 0. The van der Waals surface area contributed by atoms with E-state index in [1.165, 1.54) is 11.1 Å². The number of halogens is 2. The van der Waals surface area contributed by atoms with Crippen molar-refractivity contribution in [3.05, 3.63) is 65.7 Å². The number of hydrogen-bond acceptors (Lipinski definition) is 0. The van der Waals surface area contributed by atoms with Crippen LogP contribution in [0.1, 0.15) is 30.4 Å². The molecule has 0 aliphatic carbocycles. The van der Waals surface area contributed by atoms with Gasteiger partial charge in [-0.25, -0.2) is 0 Å². The molecule has 2 aromatic rings. The van der Waals surface area contributed by atoms with Crippen LogP contribution in [0, 0.1) is 0 Å². The zero-order valence-corrected chi connectivity index (χ0v) is 13.3. The zero-order chi connectivity index (χ0) is 13.7. The molecule has 0 amide bonds. The molecule has 2 rings (SSSR count). The van der Waals surface area contributed by atoms with Crippen LogP contribution in [0.15, 0.2) is 54.6 Å². The average Bonchev–Trinajstić information content (AvgIpc) is 2.46. The minimum absolute atomic E-state index is 0.473. The van der Waals surface area contributed by atoms with Crippen molar-refractivity contribution in [2.75, 3.05) is 0 Å². The van der Waals surface area contributed by atoms with E-state index in [9.17, 15) is 0 Å². The molecule has 1 atom stereocenters. The molecule has 0 aliphatic heterocycles. The van der Waals surface area contributed by atoms with Crippen LogP contribution in [0.5, 0.6) is 0 Å². The second-order valence-corrected chi connectivity index (χ2v) is 8.08. The predicted molar refractivity (Wildman–Crippen MR) is 87.9 cm³/mol. The van der Waals surface area contributed by atoms with Crippen LogP contribution in [0.25, 0.3) is 0 Å². The molecule has 0 fully saturated rings. The molecule has 0 saturated carbocycles. The lowest BCUT2D eigenvalue weighted by atomic mass is 9.90. The Morgan fingerprint density at radius 2 is 1.58 bits per heavy atom. The number of rotatable bonds is 5. The van der Waals surface area contributed by atoms with Gasteiger partial charge in [-0.2, -0.15) is 0 Å². The highest BCUT2D eigenvalue weighted by atomic mass is 35.9. The van der Waals surface area contributed by atoms with Gasteiger partial charge in [-0.3, -0.25) is 0 Å². The maximum atomic E-state index is 6.14. The summed E-state index contributed by atoms with van der Waals surface area (Å²) in [5.74, 6) is 0.473. The lowest BCUT2D eigenvalue weighted by molar-refractivity contribution is 0.664. The van der Waals surface area contributed by atoms with Crippen LogP contribution >= 0.6 is 29.1 Å². The summed E-state index contributed by atoms with van der Waals surface area (Å²) < 4.78 is 0. The molecule has 0 N–H and O–H groups in total. The average molecular weight is 311 g/mol. The van der Waals surface area contributed by atoms with E-state index in [4.69, 9.17) is 22.5 Å². The van der Waals surface area contributed by atoms with Crippen LogP contribution in [0.4, 0.5) is 0 Å². The highest BCUT2D eigenvalue weighted by Gasteiger charge is 2.17. The first kappa shape index (κ1) is 14.9. The van der Waals surface area contributed by atoms with Gasteiger partial charge >= 0.3 is 0 Å². The van der Waals surface area contributed by atoms with Crippen molar-refractivity contribution >= 4 is 34.4 Å². The van der Waals surface area contributed by atoms with Crippen molar-refractivity contribution in [3.8, 4) is 0 Å². The summed E-state index contributed by atoms with van der Waals surface area (Å²) in [6, 6.07) is 18.9. The predicted octanol–water partition coefficient (Wildman–Crippen LogP) is 5.84. The normalized spacial score (nSPS) is 12.6. The molecule has 0 aromatic heterocycles. The molecular weight excluding hydrogens is 294 g/mol. The first-order valence-electron chi connectivity index (χ1n) is 6.47. The van der Waals surface area contributed by atoms with E-state index in [1.54, 1.807) is 0 Å². The van der Waals surface area contributed by atoms with Crippen molar-refractivity contribution in [1.29, 1.82) is 0 Å². The second-order valence-electron chi connectivity index (χ2n) is 4.59. The maximum Gasteiger partial charge on any atom is 0.117 e. The molecular formula is C16H17Cl2P. The van der Waals surface area contributed by atoms with Crippen molar-refractivity contribution in [3.63, 3.8) is 0 Å². The van der Waals surface area contributed by atoms with Crippen LogP contribution in [0.2, 0.25) is 0 Å². The van der Waals surface area contributed by atoms with Crippen LogP contribution in [0.3, 0.4) is 0 Å². The van der Waals surface area contributed by atoms with Gasteiger partial charge in [0, 0.05) is 5.30 Å². The molecule has 19 heavy (non-hydrogen) atoms. The molecule has 0 aliphatic rings. The highest BCUT2D eigenvalue weighted by molar-refractivity contribution is 8.08. The molecule has 3 heteroatoms. The molecule has 0 bridgehead atoms. The van der Waals surface area contributed by atoms with E-state index in [0.717, 1.165) is 18.1 Å². The first-order chi connectivity index (χ1) is 9.22. The van der Waals surface area contributed by atoms with Gasteiger partial charge < -0.3 is 0 Å². The molecule has 0 nitrogen and oxygen atoms in total. The summed E-state index contributed by atoms with van der Waals surface area (Å²) in [5.41, 5.74) is 2.66. The minimum Gasteiger partial charge on any atom is -0.0727 e. The molecule has 0 heterocycles. The molecule has 100 valence electrons. The molecule has 2 aromatic carbocycles. The third kappa shape index (κ3) is 3.96. The Hall–Kier alpha value is -0.550. The van der Waals surface area contributed by atoms with Crippen molar-refractivity contribution < 1.29 is 0 Å². The lowest BCUT2D eigenvalue weighted by Gasteiger charge is -2.19. The van der Waals surface area contributed by atoms with Gasteiger partial charge in [0.2, 0.25) is 0 Å². The Morgan fingerprint density at radius 3 is 2.21 bits per heavy atom. The van der Waals surface area contributed by atoms with Crippen LogP contribution < -0.4 is 5.30 Å². The van der Waals surface area contributed by atoms with Gasteiger partial charge in [0.25, 0.3) is 0 Å². The summed E-state index contributed by atoms with van der Waals surface area (Å²) in [6.45, 7) is 1.13. The van der Waals surface area contributed by atoms with Crippen molar-refractivity contribution in [2.24, 2.45) is 0 Å². The van der Waals surface area contributed by atoms with E-state index >= 15 is 0 Å². The van der Waals surface area contributed by atoms with Gasteiger partial charge in [0.05, 0.1) is 0 Å². The van der Waals surface area contributed by atoms with Gasteiger partial charge in [-0.1, -0.05) is 84.0 Å². The SMILES string of the molecule is CCC(Cc1ccccc1)c1ccccc1P(Cl)Cl. The molecule has 0 saturated heterocycles. The fourth-order valence-corrected chi connectivity index (χ4v) is 3.93. The molecule has 0 radical (unpaired) electrons. The van der Waals surface area contributed by atoms with Gasteiger partial charge in [0.1, 0.15) is 6.63 Å². The maximum absolute atomic E-state index is 6.14. The van der Waals surface area contributed by atoms with Crippen LogP contribution in [-0.4, -0.2) is 0 Å². The fourth-order valence-electron chi connectivity index (χ4n) is 2.36. The fraction of sp³-hybridized carbons (Fsp3) is 0.250. The third-order valence-corrected chi connectivity index (χ3v) is 5.24. The van der Waals surface area contributed by atoms with E-state index in [0.29, 0.717) is 5.92 Å². The summed E-state index contributed by atoms with van der Waals surface area (Å²) in [7, 11) is 0. The minimum atomic E-state index is -1.08. The summed E-state index contributed by atoms with van der Waals surface area (Å²) in [6.07, 6.45) is 2.12. The van der Waals surface area contributed by atoms with E-state index in [-0.39, 0.29) is 0 Å². The summed E-state index contributed by atoms with van der Waals surface area (Å²) >= 11 is 12.3. The quantitative estimate of drug-likeness (QED) is 0.609. The van der Waals surface area contributed by atoms with Gasteiger partial charge in [-0.15, -0.1) is 0 Å². The smallest absolute Gasteiger partial charge is 0.0727 e. The zero-order valence-electron chi connectivity index (χ0n) is 10.9. The Morgan fingerprint density at radius 1 is 0.947 bits per heavy atom. The number of hydrogen-bond donors (Lipinski definition) is 0. The molecule has 0 spiro atoms. The number of benzene rings is 2. The first-order valence-corrected chi connectivity index (χ1v) is 9.62. The second kappa shape index (κ2) is 7.29. The largest absolute Gasteiger partial charge is 0.117 e. The Bertz CT molecular complexity index is 511. The topological polar surface area (TPSA) is 0 Å². The van der Waals surface area contributed by atoms with Gasteiger partial charge in [0.15, 0.2) is 0 Å². The Labute approximate surface area is 126 Å². The standard InChI is InChI=1S/C16H17Cl2P/c1-2-14(12-13-8-4-3-5-9-13)15-10-6-7-11-16(15)19(17)18/h3-11,14H,2,12H2,1H3. The van der Waals surface area contributed by atoms with Crippen molar-refractivity contribution in [2.45, 2.75) is 25.7 Å². The lowest BCUT2D eigenvalue weighted by Crippen LogP contribution is -2.12. The van der Waals surface area contributed by atoms with E-state index in [2.05, 4.69) is 55.5 Å². The molecule has 1 unspecified atom stereocenters. The highest BCUT2D eigenvalue weighted by Crippen LogP contribution is 2.47. The monoisotopic (exact) mass is 310 g/mol. The Balaban J connectivity index is 2.27. The van der Waals surface area contributed by atoms with Gasteiger partial charge in [-0.05, 0) is 29.9 Å². The Kier molecular flexibility index (Phi) is 5.70. The summed E-state index contributed by atoms with van der Waals surface area (Å²) in [5, 5.41) is 1.10. The van der Waals surface area contributed by atoms with Crippen LogP contribution in [-0.2, 0) is 6.42 Å². The van der Waals surface area contributed by atoms with Crippen molar-refractivity contribution in [1.82, 2.24) is 0 Å². The van der Waals surface area contributed by atoms with E-state index < -0.39 is 6.63 Å². The van der Waals surface area contributed by atoms with E-state index in [1.807, 2.05) is 6.07 Å². The third-order valence-electron chi connectivity index (χ3n) is 3.38.